The number of rotatable bonds is 0. The first kappa shape index (κ1) is 83.2. The molecule has 0 aliphatic heterocycles. The van der Waals surface area contributed by atoms with Crippen LogP contribution in [0.25, 0.3) is 0 Å². The zero-order valence-corrected chi connectivity index (χ0v) is 5.00. The van der Waals surface area contributed by atoms with Crippen LogP contribution < -0.4 is 75.4 Å². The van der Waals surface area contributed by atoms with E-state index in [1.54, 1.807) is 0 Å². The number of hydrogen-bond donors (Lipinski definition) is 0. The summed E-state index contributed by atoms with van der Waals surface area (Å²) in [5, 5.41) is 0. The maximum Gasteiger partial charge on any atom is 1.00 e. The minimum absolute atomic E-state index is 0. The Labute approximate surface area is 91.5 Å². The molecule has 0 fully saturated rings. The molecule has 0 rings (SSSR count). The Morgan fingerprint density at radius 3 is 0.500 bits per heavy atom. The third-order valence-corrected chi connectivity index (χ3v) is 0. The maximum absolute atomic E-state index is 0. The van der Waals surface area contributed by atoms with Gasteiger partial charge in [0.05, 0.1) is 0 Å². The SMILES string of the molecule is O.O.[H-].[H-].[H-].[H-].[Li+].[Li+].[Li+].[Li+]. The molecule has 0 atom stereocenters. The molecule has 0 aromatic heterocycles. The van der Waals surface area contributed by atoms with Gasteiger partial charge in [-0.05, 0) is 0 Å². The van der Waals surface area contributed by atoms with Gasteiger partial charge in [0.15, 0.2) is 0 Å². The van der Waals surface area contributed by atoms with Crippen molar-refractivity contribution < 1.29 is 92.1 Å². The van der Waals surface area contributed by atoms with Gasteiger partial charge in [0.2, 0.25) is 0 Å². The van der Waals surface area contributed by atoms with Gasteiger partial charge in [0.25, 0.3) is 0 Å². The van der Waals surface area contributed by atoms with E-state index in [1.807, 2.05) is 0 Å². The van der Waals surface area contributed by atoms with Crippen molar-refractivity contribution in [2.75, 3.05) is 0 Å². The standard InChI is InChI=1S/4Li.2H2O.4H/h;;;;2*1H2;;;;/q4*+1;;;4*-1. The van der Waals surface area contributed by atoms with Crippen molar-refractivity contribution in [1.82, 2.24) is 0 Å². The van der Waals surface area contributed by atoms with Crippen molar-refractivity contribution in [1.29, 1.82) is 0 Å². The molecular formula is H8Li4O2. The van der Waals surface area contributed by atoms with Gasteiger partial charge in [0, 0.05) is 0 Å². The molecule has 4 N–H and O–H groups in total. The van der Waals surface area contributed by atoms with Crippen molar-refractivity contribution in [2.45, 2.75) is 0 Å². The fourth-order valence-electron chi connectivity index (χ4n) is 0. The Hall–Kier alpha value is 2.31. The largest absolute Gasteiger partial charge is 1.00 e. The van der Waals surface area contributed by atoms with Crippen LogP contribution in [-0.2, 0) is 0 Å². The summed E-state index contributed by atoms with van der Waals surface area (Å²) in [7, 11) is 0. The molecule has 0 aliphatic rings. The van der Waals surface area contributed by atoms with Crippen molar-refractivity contribution in [3.63, 3.8) is 0 Å². The summed E-state index contributed by atoms with van der Waals surface area (Å²) in [6, 6.07) is 0. The van der Waals surface area contributed by atoms with Crippen LogP contribution in [0.1, 0.15) is 5.71 Å². The quantitative estimate of drug-likeness (QED) is 0.253. The fraction of sp³-hybridized carbons (Fsp3) is 0. The summed E-state index contributed by atoms with van der Waals surface area (Å²) in [4.78, 5) is 0. The van der Waals surface area contributed by atoms with Gasteiger partial charge in [-0.25, -0.2) is 0 Å². The van der Waals surface area contributed by atoms with Gasteiger partial charge in [-0.2, -0.15) is 0 Å². The third-order valence-electron chi connectivity index (χ3n) is 0. The van der Waals surface area contributed by atoms with E-state index in [0.29, 0.717) is 0 Å². The molecule has 0 saturated heterocycles. The van der Waals surface area contributed by atoms with Crippen LogP contribution >= 0.6 is 0 Å². The predicted molar refractivity (Wildman–Crippen MR) is 11.7 cm³/mol. The fourth-order valence-corrected chi connectivity index (χ4v) is 0. The van der Waals surface area contributed by atoms with Crippen molar-refractivity contribution in [2.24, 2.45) is 0 Å². The zero-order chi connectivity index (χ0) is 0. The number of hydrogen-bond acceptors (Lipinski definition) is 0. The second-order valence-electron chi connectivity index (χ2n) is 0. The van der Waals surface area contributed by atoms with E-state index in [0.717, 1.165) is 0 Å². The molecule has 24 valence electrons. The van der Waals surface area contributed by atoms with Gasteiger partial charge < -0.3 is 16.7 Å². The molecule has 0 saturated carbocycles. The van der Waals surface area contributed by atoms with Crippen LogP contribution in [0.4, 0.5) is 0 Å². The smallest absolute Gasteiger partial charge is 1.00 e. The first-order valence-electron chi connectivity index (χ1n) is 0. The Balaban J connectivity index is 0. The zero-order valence-electron chi connectivity index (χ0n) is 9.00. The summed E-state index contributed by atoms with van der Waals surface area (Å²) in [6.07, 6.45) is 0. The molecule has 0 amide bonds. The van der Waals surface area contributed by atoms with E-state index < -0.39 is 0 Å². The summed E-state index contributed by atoms with van der Waals surface area (Å²) in [6.45, 7) is 0. The second kappa shape index (κ2) is 54.6. The molecule has 0 spiro atoms. The summed E-state index contributed by atoms with van der Waals surface area (Å²) in [5.74, 6) is 0. The van der Waals surface area contributed by atoms with E-state index in [9.17, 15) is 0 Å². The monoisotopic (exact) mass is 68.1 g/mol. The van der Waals surface area contributed by atoms with Crippen molar-refractivity contribution in [3.8, 4) is 0 Å². The molecule has 0 aliphatic carbocycles. The normalized spacial score (nSPS) is 0. The summed E-state index contributed by atoms with van der Waals surface area (Å²) >= 11 is 0. The van der Waals surface area contributed by atoms with E-state index >= 15 is 0 Å². The molecule has 2 nitrogen and oxygen atoms in total. The molecule has 0 aromatic carbocycles. The van der Waals surface area contributed by atoms with Crippen LogP contribution in [0.2, 0.25) is 0 Å². The predicted octanol–water partition coefficient (Wildman–Crippen LogP) is -13.2. The Bertz CT molecular complexity index is 15.2. The maximum atomic E-state index is 0. The molecule has 0 unspecified atom stereocenters. The van der Waals surface area contributed by atoms with E-state index in [4.69, 9.17) is 0 Å². The van der Waals surface area contributed by atoms with E-state index in [1.165, 1.54) is 0 Å². The molecular weight excluding hydrogens is 59.8 g/mol. The first-order chi connectivity index (χ1) is 0. The van der Waals surface area contributed by atoms with Crippen LogP contribution in [-0.4, -0.2) is 11.0 Å². The van der Waals surface area contributed by atoms with Gasteiger partial charge >= 0.3 is 75.4 Å². The van der Waals surface area contributed by atoms with Gasteiger partial charge in [-0.15, -0.1) is 0 Å². The van der Waals surface area contributed by atoms with Gasteiger partial charge in [-0.1, -0.05) is 0 Å². The third kappa shape index (κ3) is 33.3. The van der Waals surface area contributed by atoms with Crippen molar-refractivity contribution in [3.05, 3.63) is 0 Å². The van der Waals surface area contributed by atoms with Gasteiger partial charge in [-0.3, -0.25) is 0 Å². The minimum Gasteiger partial charge on any atom is -1.00 e. The van der Waals surface area contributed by atoms with Crippen LogP contribution in [0.15, 0.2) is 0 Å². The molecule has 0 heterocycles. The Morgan fingerprint density at radius 2 is 0.500 bits per heavy atom. The van der Waals surface area contributed by atoms with E-state index in [-0.39, 0.29) is 92.1 Å². The molecule has 0 bridgehead atoms. The van der Waals surface area contributed by atoms with Gasteiger partial charge in [0.1, 0.15) is 0 Å². The summed E-state index contributed by atoms with van der Waals surface area (Å²) < 4.78 is 0. The molecule has 6 heteroatoms. The Kier molecular flexibility index (Phi) is 757. The minimum atomic E-state index is 0. The molecule has 6 heavy (non-hydrogen) atoms. The second-order valence-corrected chi connectivity index (χ2v) is 0. The molecule has 0 radical (unpaired) electrons. The Morgan fingerprint density at radius 1 is 0.500 bits per heavy atom. The topological polar surface area (TPSA) is 63.0 Å². The van der Waals surface area contributed by atoms with Crippen LogP contribution in [0.3, 0.4) is 0 Å². The average Bonchev–Trinajstić information content (AvgIpc) is 0. The first-order valence-corrected chi connectivity index (χ1v) is 0. The van der Waals surface area contributed by atoms with E-state index in [2.05, 4.69) is 0 Å². The van der Waals surface area contributed by atoms with Crippen molar-refractivity contribution >= 4 is 0 Å². The van der Waals surface area contributed by atoms with Crippen LogP contribution in [0, 0.1) is 0 Å². The summed E-state index contributed by atoms with van der Waals surface area (Å²) in [5.41, 5.74) is 0. The van der Waals surface area contributed by atoms with Crippen LogP contribution in [0.5, 0.6) is 0 Å². The average molecular weight is 67.8 g/mol. The molecule has 0 aromatic rings.